The lowest BCUT2D eigenvalue weighted by molar-refractivity contribution is 0.762. The van der Waals surface area contributed by atoms with Crippen LogP contribution in [0.4, 0.5) is 0 Å². The van der Waals surface area contributed by atoms with Crippen molar-refractivity contribution in [2.75, 3.05) is 0 Å². The molecule has 1 saturated carbocycles. The number of nitrogens with zero attached hydrogens (tertiary/aromatic N) is 1. The van der Waals surface area contributed by atoms with Gasteiger partial charge in [-0.3, -0.25) is 9.36 Å². The van der Waals surface area contributed by atoms with Crippen LogP contribution in [0.2, 0.25) is 0 Å². The van der Waals surface area contributed by atoms with E-state index in [2.05, 4.69) is 12.1 Å². The molecule has 2 heteroatoms. The molecule has 0 N–H and O–H groups in total. The van der Waals surface area contributed by atoms with Crippen LogP contribution >= 0.6 is 0 Å². The zero-order valence-corrected chi connectivity index (χ0v) is 12.8. The van der Waals surface area contributed by atoms with E-state index in [0.717, 1.165) is 40.1 Å². The number of aryl methyl sites for hydroxylation is 1. The molecule has 2 aromatic carbocycles. The lowest BCUT2D eigenvalue weighted by atomic mass is 10.0. The smallest absolute Gasteiger partial charge is 0.263 e. The van der Waals surface area contributed by atoms with Gasteiger partial charge >= 0.3 is 0 Å². The van der Waals surface area contributed by atoms with Crippen LogP contribution < -0.4 is 5.56 Å². The largest absolute Gasteiger partial charge is 0.281 e. The van der Waals surface area contributed by atoms with Gasteiger partial charge in [0.25, 0.3) is 5.56 Å². The summed E-state index contributed by atoms with van der Waals surface area (Å²) in [4.78, 5) is 13.1. The second kappa shape index (κ2) is 5.13. The SMILES string of the molecule is Cc1cccc2cc(CC3CC3)n(-c3ccccc3)c(=O)c12. The average Bonchev–Trinajstić information content (AvgIpc) is 3.32. The fourth-order valence-electron chi connectivity index (χ4n) is 3.22. The molecule has 0 aliphatic heterocycles. The summed E-state index contributed by atoms with van der Waals surface area (Å²) in [6.07, 6.45) is 3.57. The quantitative estimate of drug-likeness (QED) is 0.706. The summed E-state index contributed by atoms with van der Waals surface area (Å²) in [5.41, 5.74) is 3.26. The Bertz CT molecular complexity index is 889. The van der Waals surface area contributed by atoms with Crippen LogP contribution in [0.3, 0.4) is 0 Å². The predicted molar refractivity (Wildman–Crippen MR) is 90.7 cm³/mol. The van der Waals surface area contributed by atoms with Gasteiger partial charge < -0.3 is 0 Å². The van der Waals surface area contributed by atoms with Gasteiger partial charge in [0, 0.05) is 11.4 Å². The molecule has 0 spiro atoms. The van der Waals surface area contributed by atoms with E-state index in [-0.39, 0.29) is 5.56 Å². The second-order valence-electron chi connectivity index (χ2n) is 6.30. The third kappa shape index (κ3) is 2.25. The van der Waals surface area contributed by atoms with Gasteiger partial charge in [0.15, 0.2) is 0 Å². The molecule has 4 rings (SSSR count). The Labute approximate surface area is 130 Å². The fraction of sp³-hybridized carbons (Fsp3) is 0.250. The number of fused-ring (bicyclic) bond motifs is 1. The Morgan fingerprint density at radius 2 is 1.82 bits per heavy atom. The van der Waals surface area contributed by atoms with Crippen molar-refractivity contribution in [2.45, 2.75) is 26.2 Å². The maximum Gasteiger partial charge on any atom is 0.263 e. The average molecular weight is 289 g/mol. The molecule has 0 bridgehead atoms. The Kier molecular flexibility index (Phi) is 3.11. The summed E-state index contributed by atoms with van der Waals surface area (Å²) >= 11 is 0. The van der Waals surface area contributed by atoms with Gasteiger partial charge in [0.1, 0.15) is 0 Å². The number of pyridine rings is 1. The second-order valence-corrected chi connectivity index (χ2v) is 6.30. The Balaban J connectivity index is 2.04. The molecule has 0 radical (unpaired) electrons. The van der Waals surface area contributed by atoms with Crippen LogP contribution in [0.25, 0.3) is 16.5 Å². The van der Waals surface area contributed by atoms with E-state index in [1.807, 2.05) is 54.0 Å². The molecule has 1 fully saturated rings. The lowest BCUT2D eigenvalue weighted by Gasteiger charge is -2.15. The van der Waals surface area contributed by atoms with Crippen LogP contribution in [-0.2, 0) is 6.42 Å². The molecule has 1 aliphatic carbocycles. The first-order chi connectivity index (χ1) is 10.7. The highest BCUT2D eigenvalue weighted by Crippen LogP contribution is 2.33. The first kappa shape index (κ1) is 13.3. The lowest BCUT2D eigenvalue weighted by Crippen LogP contribution is -2.23. The molecule has 110 valence electrons. The molecule has 2 nitrogen and oxygen atoms in total. The molecule has 1 heterocycles. The molecule has 22 heavy (non-hydrogen) atoms. The highest BCUT2D eigenvalue weighted by atomic mass is 16.1. The minimum Gasteiger partial charge on any atom is -0.281 e. The van der Waals surface area contributed by atoms with Crippen LogP contribution in [0.15, 0.2) is 59.4 Å². The number of hydrogen-bond acceptors (Lipinski definition) is 1. The van der Waals surface area contributed by atoms with Crippen molar-refractivity contribution in [3.8, 4) is 5.69 Å². The Hall–Kier alpha value is -2.35. The first-order valence-corrected chi connectivity index (χ1v) is 7.94. The zero-order valence-electron chi connectivity index (χ0n) is 12.8. The minimum absolute atomic E-state index is 0.109. The van der Waals surface area contributed by atoms with Crippen molar-refractivity contribution in [2.24, 2.45) is 5.92 Å². The van der Waals surface area contributed by atoms with Crippen molar-refractivity contribution >= 4 is 10.8 Å². The predicted octanol–water partition coefficient (Wildman–Crippen LogP) is 4.25. The molecule has 1 aromatic heterocycles. The molecule has 3 aromatic rings. The number of hydrogen-bond donors (Lipinski definition) is 0. The van der Waals surface area contributed by atoms with E-state index in [1.54, 1.807) is 0 Å². The standard InChI is InChI=1S/C20H19NO/c1-14-6-5-7-16-13-18(12-15-10-11-15)21(20(22)19(14)16)17-8-3-2-4-9-17/h2-9,13,15H,10-12H2,1H3. The van der Waals surface area contributed by atoms with E-state index in [1.165, 1.54) is 12.8 Å². The topological polar surface area (TPSA) is 22.0 Å². The van der Waals surface area contributed by atoms with E-state index < -0.39 is 0 Å². The van der Waals surface area contributed by atoms with Gasteiger partial charge in [-0.05, 0) is 61.3 Å². The summed E-state index contributed by atoms with van der Waals surface area (Å²) in [7, 11) is 0. The van der Waals surface area contributed by atoms with Gasteiger partial charge in [-0.25, -0.2) is 0 Å². The molecule has 1 aliphatic rings. The number of rotatable bonds is 3. The van der Waals surface area contributed by atoms with Crippen LogP contribution in [-0.4, -0.2) is 4.57 Å². The van der Waals surface area contributed by atoms with E-state index >= 15 is 0 Å². The molecule has 0 amide bonds. The van der Waals surface area contributed by atoms with Gasteiger partial charge in [-0.15, -0.1) is 0 Å². The first-order valence-electron chi connectivity index (χ1n) is 7.94. The maximum absolute atomic E-state index is 13.1. The van der Waals surface area contributed by atoms with Crippen LogP contribution in [0.1, 0.15) is 24.1 Å². The van der Waals surface area contributed by atoms with Gasteiger partial charge in [-0.1, -0.05) is 36.4 Å². The zero-order chi connectivity index (χ0) is 15.1. The van der Waals surface area contributed by atoms with Crippen molar-refractivity contribution in [3.63, 3.8) is 0 Å². The van der Waals surface area contributed by atoms with E-state index in [9.17, 15) is 4.79 Å². The number of para-hydroxylation sites is 1. The third-order valence-electron chi connectivity index (χ3n) is 4.54. The van der Waals surface area contributed by atoms with Crippen LogP contribution in [0, 0.1) is 12.8 Å². The summed E-state index contributed by atoms with van der Waals surface area (Å²) in [6, 6.07) is 18.3. The van der Waals surface area contributed by atoms with E-state index in [0.29, 0.717) is 0 Å². The normalized spacial score (nSPS) is 14.4. The summed E-state index contributed by atoms with van der Waals surface area (Å²) in [5, 5.41) is 1.90. The maximum atomic E-state index is 13.1. The fourth-order valence-corrected chi connectivity index (χ4v) is 3.22. The van der Waals surface area contributed by atoms with Crippen molar-refractivity contribution in [1.82, 2.24) is 4.57 Å². The molecule has 0 unspecified atom stereocenters. The summed E-state index contributed by atoms with van der Waals surface area (Å²) in [6.45, 7) is 2.01. The number of benzene rings is 2. The monoisotopic (exact) mass is 289 g/mol. The molecule has 0 saturated heterocycles. The van der Waals surface area contributed by atoms with Crippen molar-refractivity contribution < 1.29 is 0 Å². The highest BCUT2D eigenvalue weighted by molar-refractivity contribution is 5.85. The minimum atomic E-state index is 0.109. The van der Waals surface area contributed by atoms with Gasteiger partial charge in [0.05, 0.1) is 5.39 Å². The summed E-state index contributed by atoms with van der Waals surface area (Å²) in [5.74, 6) is 0.747. The Morgan fingerprint density at radius 3 is 2.55 bits per heavy atom. The van der Waals surface area contributed by atoms with Crippen molar-refractivity contribution in [1.29, 1.82) is 0 Å². The third-order valence-corrected chi connectivity index (χ3v) is 4.54. The van der Waals surface area contributed by atoms with E-state index in [4.69, 9.17) is 0 Å². The molecular formula is C20H19NO. The molecule has 0 atom stereocenters. The van der Waals surface area contributed by atoms with Crippen LogP contribution in [0.5, 0.6) is 0 Å². The van der Waals surface area contributed by atoms with Crippen molar-refractivity contribution in [3.05, 3.63) is 76.2 Å². The highest BCUT2D eigenvalue weighted by Gasteiger charge is 2.24. The Morgan fingerprint density at radius 1 is 1.05 bits per heavy atom. The number of aromatic nitrogens is 1. The van der Waals surface area contributed by atoms with Gasteiger partial charge in [0.2, 0.25) is 0 Å². The summed E-state index contributed by atoms with van der Waals surface area (Å²) < 4.78 is 1.91. The molecular weight excluding hydrogens is 270 g/mol. The van der Waals surface area contributed by atoms with Gasteiger partial charge in [-0.2, -0.15) is 0 Å².